The highest BCUT2D eigenvalue weighted by atomic mass is 16.3. The van der Waals surface area contributed by atoms with E-state index in [4.69, 9.17) is 21.7 Å². The number of aliphatic hydroxyl groups excluding tert-OH is 2. The maximum atomic E-state index is 8.25. The summed E-state index contributed by atoms with van der Waals surface area (Å²) < 4.78 is 0. The smallest absolute Gasteiger partial charge is 0.0634 e. The van der Waals surface area contributed by atoms with E-state index in [1.165, 1.54) is 0 Å². The second-order valence-corrected chi connectivity index (χ2v) is 2.66. The summed E-state index contributed by atoms with van der Waals surface area (Å²) in [5, 5.41) is 16.5. The van der Waals surface area contributed by atoms with E-state index >= 15 is 0 Å². The van der Waals surface area contributed by atoms with Gasteiger partial charge in [0.25, 0.3) is 0 Å². The summed E-state index contributed by atoms with van der Waals surface area (Å²) in [6, 6.07) is 0. The van der Waals surface area contributed by atoms with Crippen molar-refractivity contribution in [1.82, 2.24) is 0 Å². The number of unbranched alkanes of at least 4 members (excludes halogenated alkanes) is 2. The molecule has 0 aromatic rings. The first-order valence-corrected chi connectivity index (χ1v) is 4.38. The standard InChI is InChI=1S/C5H13NO.C3H9NO/c6-4-2-1-3-5-7;1-3(5)2-4/h7H,1-6H2;3,5H,2,4H2,1H3. The molecule has 1 unspecified atom stereocenters. The van der Waals surface area contributed by atoms with Gasteiger partial charge < -0.3 is 21.7 Å². The van der Waals surface area contributed by atoms with Crippen LogP contribution in [0.4, 0.5) is 0 Å². The highest BCUT2D eigenvalue weighted by molar-refractivity contribution is 4.40. The van der Waals surface area contributed by atoms with Crippen LogP contribution in [0.3, 0.4) is 0 Å². The minimum absolute atomic E-state index is 0.306. The Balaban J connectivity index is 0. The highest BCUT2D eigenvalue weighted by Gasteiger charge is 1.82. The molecule has 0 aliphatic rings. The zero-order chi connectivity index (χ0) is 9.82. The van der Waals surface area contributed by atoms with Crippen LogP contribution in [0.15, 0.2) is 0 Å². The first-order valence-electron chi connectivity index (χ1n) is 4.38. The summed E-state index contributed by atoms with van der Waals surface area (Å²) in [7, 11) is 0. The summed E-state index contributed by atoms with van der Waals surface area (Å²) in [5.41, 5.74) is 10.1. The van der Waals surface area contributed by atoms with Crippen molar-refractivity contribution in [1.29, 1.82) is 0 Å². The zero-order valence-corrected chi connectivity index (χ0v) is 7.87. The van der Waals surface area contributed by atoms with Crippen molar-refractivity contribution in [3.8, 4) is 0 Å². The number of rotatable bonds is 5. The van der Waals surface area contributed by atoms with Gasteiger partial charge in [-0.1, -0.05) is 0 Å². The number of aliphatic hydroxyl groups is 2. The summed E-state index contributed by atoms with van der Waals surface area (Å²) in [5.74, 6) is 0. The van der Waals surface area contributed by atoms with E-state index in [9.17, 15) is 0 Å². The third-order valence-electron chi connectivity index (χ3n) is 1.20. The van der Waals surface area contributed by atoms with Crippen molar-refractivity contribution in [3.05, 3.63) is 0 Å². The third kappa shape index (κ3) is 22.5. The molecule has 0 amide bonds. The average molecular weight is 178 g/mol. The maximum Gasteiger partial charge on any atom is 0.0634 e. The summed E-state index contributed by atoms with van der Waals surface area (Å²) in [4.78, 5) is 0. The van der Waals surface area contributed by atoms with E-state index in [0.717, 1.165) is 25.8 Å². The fraction of sp³-hybridized carbons (Fsp3) is 1.00. The van der Waals surface area contributed by atoms with Gasteiger partial charge in [0.15, 0.2) is 0 Å². The van der Waals surface area contributed by atoms with Gasteiger partial charge >= 0.3 is 0 Å². The minimum Gasteiger partial charge on any atom is -0.396 e. The van der Waals surface area contributed by atoms with Crippen LogP contribution in [0, 0.1) is 0 Å². The first-order chi connectivity index (χ1) is 5.68. The van der Waals surface area contributed by atoms with Crippen LogP contribution < -0.4 is 11.5 Å². The lowest BCUT2D eigenvalue weighted by Crippen LogP contribution is -2.14. The normalized spacial score (nSPS) is 11.8. The Kier molecular flexibility index (Phi) is 16.1. The molecule has 0 fully saturated rings. The van der Waals surface area contributed by atoms with E-state index in [1.54, 1.807) is 6.92 Å². The van der Waals surface area contributed by atoms with Crippen molar-refractivity contribution in [2.45, 2.75) is 32.3 Å². The molecular weight excluding hydrogens is 156 g/mol. The van der Waals surface area contributed by atoms with Crippen LogP contribution in [-0.2, 0) is 0 Å². The number of hydrogen-bond donors (Lipinski definition) is 4. The molecule has 1 atom stereocenters. The molecule has 4 nitrogen and oxygen atoms in total. The van der Waals surface area contributed by atoms with E-state index in [0.29, 0.717) is 13.2 Å². The highest BCUT2D eigenvalue weighted by Crippen LogP contribution is 1.89. The Bertz CT molecular complexity index is 66.1. The maximum absolute atomic E-state index is 8.25. The van der Waals surface area contributed by atoms with Gasteiger partial charge in [-0.3, -0.25) is 0 Å². The largest absolute Gasteiger partial charge is 0.396 e. The first kappa shape index (κ1) is 14.4. The molecule has 6 N–H and O–H groups in total. The molecule has 0 aromatic carbocycles. The van der Waals surface area contributed by atoms with Crippen molar-refractivity contribution in [3.63, 3.8) is 0 Å². The van der Waals surface area contributed by atoms with Gasteiger partial charge in [0.2, 0.25) is 0 Å². The Hall–Kier alpha value is -0.160. The van der Waals surface area contributed by atoms with Gasteiger partial charge in [0, 0.05) is 13.2 Å². The lowest BCUT2D eigenvalue weighted by atomic mass is 10.2. The number of nitrogens with two attached hydrogens (primary N) is 2. The molecule has 0 radical (unpaired) electrons. The molecule has 0 aliphatic heterocycles. The van der Waals surface area contributed by atoms with Crippen LogP contribution in [-0.4, -0.2) is 36.0 Å². The van der Waals surface area contributed by atoms with Gasteiger partial charge in [0.1, 0.15) is 0 Å². The van der Waals surface area contributed by atoms with Gasteiger partial charge in [-0.15, -0.1) is 0 Å². The predicted molar refractivity (Wildman–Crippen MR) is 50.7 cm³/mol. The zero-order valence-electron chi connectivity index (χ0n) is 7.87. The fourth-order valence-corrected chi connectivity index (χ4v) is 0.433. The van der Waals surface area contributed by atoms with Crippen molar-refractivity contribution >= 4 is 0 Å². The molecule has 0 saturated heterocycles. The van der Waals surface area contributed by atoms with E-state index < -0.39 is 0 Å². The van der Waals surface area contributed by atoms with Gasteiger partial charge in [0.05, 0.1) is 6.10 Å². The monoisotopic (exact) mass is 178 g/mol. The van der Waals surface area contributed by atoms with Crippen LogP contribution in [0.1, 0.15) is 26.2 Å². The lowest BCUT2D eigenvalue weighted by Gasteiger charge is -1.91. The van der Waals surface area contributed by atoms with Crippen LogP contribution in [0.5, 0.6) is 0 Å². The Morgan fingerprint density at radius 2 is 1.67 bits per heavy atom. The average Bonchev–Trinajstić information content (AvgIpc) is 2.07. The molecule has 0 spiro atoms. The molecule has 0 aromatic heterocycles. The summed E-state index contributed by atoms with van der Waals surface area (Å²) >= 11 is 0. The molecule has 4 heteroatoms. The van der Waals surface area contributed by atoms with Gasteiger partial charge in [-0.25, -0.2) is 0 Å². The third-order valence-corrected chi connectivity index (χ3v) is 1.20. The SMILES string of the molecule is CC(O)CN.NCCCCCO. The van der Waals surface area contributed by atoms with Crippen LogP contribution in [0.2, 0.25) is 0 Å². The van der Waals surface area contributed by atoms with Crippen molar-refractivity contribution in [2.75, 3.05) is 19.7 Å². The van der Waals surface area contributed by atoms with E-state index in [-0.39, 0.29) is 6.10 Å². The van der Waals surface area contributed by atoms with Crippen LogP contribution >= 0.6 is 0 Å². The van der Waals surface area contributed by atoms with Crippen LogP contribution in [0.25, 0.3) is 0 Å². The summed E-state index contributed by atoms with van der Waals surface area (Å²) in [6.07, 6.45) is 2.67. The lowest BCUT2D eigenvalue weighted by molar-refractivity contribution is 0.203. The fourth-order valence-electron chi connectivity index (χ4n) is 0.433. The number of hydrogen-bond acceptors (Lipinski definition) is 4. The van der Waals surface area contributed by atoms with Crippen molar-refractivity contribution < 1.29 is 10.2 Å². The van der Waals surface area contributed by atoms with Gasteiger partial charge in [-0.05, 0) is 32.7 Å². The minimum atomic E-state index is -0.338. The van der Waals surface area contributed by atoms with E-state index in [1.807, 2.05) is 0 Å². The quantitative estimate of drug-likeness (QED) is 0.424. The molecule has 0 heterocycles. The molecule has 12 heavy (non-hydrogen) atoms. The van der Waals surface area contributed by atoms with Gasteiger partial charge in [-0.2, -0.15) is 0 Å². The summed E-state index contributed by atoms with van der Waals surface area (Å²) in [6.45, 7) is 3.07. The molecule has 0 saturated carbocycles. The molecule has 0 aliphatic carbocycles. The Morgan fingerprint density at radius 3 is 1.92 bits per heavy atom. The molecule has 0 bridgehead atoms. The molecular formula is C8H22N2O2. The molecule has 76 valence electrons. The van der Waals surface area contributed by atoms with Crippen molar-refractivity contribution in [2.24, 2.45) is 11.5 Å². The second kappa shape index (κ2) is 13.4. The Morgan fingerprint density at radius 1 is 1.17 bits per heavy atom. The predicted octanol–water partition coefficient (Wildman–Crippen LogP) is -0.566. The topological polar surface area (TPSA) is 92.5 Å². The van der Waals surface area contributed by atoms with E-state index in [2.05, 4.69) is 0 Å². The Labute approximate surface area is 74.6 Å². The molecule has 0 rings (SSSR count). The second-order valence-electron chi connectivity index (χ2n) is 2.66.